The Morgan fingerprint density at radius 3 is 2.48 bits per heavy atom. The first-order chi connectivity index (χ1) is 10.4. The number of hydrogen-bond acceptors (Lipinski definition) is 6. The molecule has 1 aromatic heterocycles. The summed E-state index contributed by atoms with van der Waals surface area (Å²) in [6.45, 7) is 2.44. The SMILES string of the molecule is CC1=NN(C(=O)c2c([N+](=O)[O-])c(C)nn2C)[C@](O)(C(F)(F)F)C1. The Morgan fingerprint density at radius 1 is 1.43 bits per heavy atom. The van der Waals surface area contributed by atoms with Crippen LogP contribution in [0, 0.1) is 17.0 Å². The maximum Gasteiger partial charge on any atom is 0.438 e. The van der Waals surface area contributed by atoms with Crippen LogP contribution in [0.25, 0.3) is 0 Å². The number of carbonyl (C=O) groups is 1. The number of aliphatic hydroxyl groups is 1. The molecule has 0 saturated carbocycles. The number of hydrogen-bond donors (Lipinski definition) is 1. The molecule has 12 heteroatoms. The second kappa shape index (κ2) is 5.01. The summed E-state index contributed by atoms with van der Waals surface area (Å²) in [5.74, 6) is -1.46. The van der Waals surface area contributed by atoms with Crippen LogP contribution in [0.1, 0.15) is 29.5 Å². The van der Waals surface area contributed by atoms with Gasteiger partial charge in [-0.25, -0.2) is 0 Å². The fourth-order valence-electron chi connectivity index (χ4n) is 2.36. The van der Waals surface area contributed by atoms with Crippen LogP contribution in [-0.4, -0.2) is 48.3 Å². The minimum atomic E-state index is -5.19. The number of carbonyl (C=O) groups excluding carboxylic acids is 1. The van der Waals surface area contributed by atoms with Gasteiger partial charge in [0.2, 0.25) is 5.69 Å². The molecule has 0 fully saturated rings. The molecule has 1 aliphatic rings. The summed E-state index contributed by atoms with van der Waals surface area (Å²) in [4.78, 5) is 22.5. The smallest absolute Gasteiger partial charge is 0.362 e. The van der Waals surface area contributed by atoms with Crippen molar-refractivity contribution in [2.75, 3.05) is 0 Å². The third-order valence-corrected chi connectivity index (χ3v) is 3.35. The van der Waals surface area contributed by atoms with Crippen LogP contribution in [0.2, 0.25) is 0 Å². The lowest BCUT2D eigenvalue weighted by Crippen LogP contribution is -2.56. The Balaban J connectivity index is 2.59. The van der Waals surface area contributed by atoms with Crippen LogP contribution in [0.4, 0.5) is 18.9 Å². The lowest BCUT2D eigenvalue weighted by molar-refractivity contribution is -0.385. The van der Waals surface area contributed by atoms with Crippen molar-refractivity contribution < 1.29 is 28.0 Å². The van der Waals surface area contributed by atoms with E-state index >= 15 is 0 Å². The molecule has 0 radical (unpaired) electrons. The molecule has 2 rings (SSSR count). The number of amides is 1. The van der Waals surface area contributed by atoms with Gasteiger partial charge in [0, 0.05) is 19.2 Å². The van der Waals surface area contributed by atoms with Crippen molar-refractivity contribution in [3.8, 4) is 0 Å². The molecule has 1 aliphatic heterocycles. The molecule has 1 amide bonds. The predicted octanol–water partition coefficient (Wildman–Crippen LogP) is 1.11. The Labute approximate surface area is 127 Å². The zero-order valence-corrected chi connectivity index (χ0v) is 12.2. The Kier molecular flexibility index (Phi) is 3.67. The molecular weight excluding hydrogens is 323 g/mol. The van der Waals surface area contributed by atoms with Crippen LogP contribution in [-0.2, 0) is 7.05 Å². The van der Waals surface area contributed by atoms with Crippen LogP contribution in [0.5, 0.6) is 0 Å². The van der Waals surface area contributed by atoms with Crippen molar-refractivity contribution in [1.82, 2.24) is 14.8 Å². The Hall–Kier alpha value is -2.50. The highest BCUT2D eigenvalue weighted by Crippen LogP contribution is 2.41. The molecule has 23 heavy (non-hydrogen) atoms. The molecule has 0 unspecified atom stereocenters. The van der Waals surface area contributed by atoms with Crippen molar-refractivity contribution in [1.29, 1.82) is 0 Å². The summed E-state index contributed by atoms with van der Waals surface area (Å²) in [6.07, 6.45) is -6.13. The first-order valence-corrected chi connectivity index (χ1v) is 6.26. The lowest BCUT2D eigenvalue weighted by atomic mass is 10.1. The van der Waals surface area contributed by atoms with E-state index in [2.05, 4.69) is 10.2 Å². The molecule has 9 nitrogen and oxygen atoms in total. The minimum Gasteiger partial charge on any atom is -0.362 e. The first kappa shape index (κ1) is 16.9. The molecular formula is C11H12F3N5O4. The standard InChI is InChI=1S/C11H12F3N5O4/c1-5-4-10(21,11(12,13)14)18(15-5)9(20)8-7(19(22)23)6(2)16-17(8)3/h21H,4H2,1-3H3/t10-/m1/s1. The van der Waals surface area contributed by atoms with Crippen molar-refractivity contribution in [2.45, 2.75) is 32.2 Å². The van der Waals surface area contributed by atoms with Crippen molar-refractivity contribution in [2.24, 2.45) is 12.1 Å². The number of nitro groups is 1. The van der Waals surface area contributed by atoms with Gasteiger partial charge in [0.25, 0.3) is 5.72 Å². The van der Waals surface area contributed by atoms with E-state index in [1.807, 2.05) is 0 Å². The molecule has 0 aliphatic carbocycles. The molecule has 126 valence electrons. The fraction of sp³-hybridized carbons (Fsp3) is 0.545. The number of halogens is 3. The van der Waals surface area contributed by atoms with Gasteiger partial charge in [0.15, 0.2) is 0 Å². The fourth-order valence-corrected chi connectivity index (χ4v) is 2.36. The van der Waals surface area contributed by atoms with E-state index < -0.39 is 40.5 Å². The molecule has 1 atom stereocenters. The van der Waals surface area contributed by atoms with Gasteiger partial charge < -0.3 is 5.11 Å². The van der Waals surface area contributed by atoms with E-state index in [0.717, 1.165) is 4.68 Å². The Bertz CT molecular complexity index is 726. The number of hydrazone groups is 1. The van der Waals surface area contributed by atoms with Crippen LogP contribution < -0.4 is 0 Å². The third kappa shape index (κ3) is 2.44. The summed E-state index contributed by atoms with van der Waals surface area (Å²) in [5.41, 5.74) is -5.27. The van der Waals surface area contributed by atoms with Gasteiger partial charge in [-0.1, -0.05) is 0 Å². The average Bonchev–Trinajstić information content (AvgIpc) is 2.85. The second-order valence-electron chi connectivity index (χ2n) is 5.11. The van der Waals surface area contributed by atoms with Crippen LogP contribution in [0.15, 0.2) is 5.10 Å². The topological polar surface area (TPSA) is 114 Å². The number of nitrogens with zero attached hydrogens (tertiary/aromatic N) is 5. The van der Waals surface area contributed by atoms with Gasteiger partial charge in [0.05, 0.1) is 4.92 Å². The normalized spacial score (nSPS) is 21.5. The number of aryl methyl sites for hydroxylation is 2. The zero-order valence-electron chi connectivity index (χ0n) is 12.2. The van der Waals surface area contributed by atoms with Gasteiger partial charge in [-0.3, -0.25) is 19.6 Å². The van der Waals surface area contributed by atoms with E-state index in [-0.39, 0.29) is 16.4 Å². The van der Waals surface area contributed by atoms with Gasteiger partial charge in [-0.15, -0.1) is 0 Å². The highest BCUT2D eigenvalue weighted by molar-refractivity contribution is 5.99. The first-order valence-electron chi connectivity index (χ1n) is 6.26. The zero-order chi connectivity index (χ0) is 17.7. The molecule has 0 saturated heterocycles. The number of aromatic nitrogens is 2. The summed E-state index contributed by atoms with van der Waals surface area (Å²) in [6, 6.07) is 0. The van der Waals surface area contributed by atoms with Crippen molar-refractivity contribution in [3.63, 3.8) is 0 Å². The average molecular weight is 335 g/mol. The van der Waals surface area contributed by atoms with E-state index in [0.29, 0.717) is 0 Å². The number of rotatable bonds is 2. The van der Waals surface area contributed by atoms with E-state index in [4.69, 9.17) is 0 Å². The summed E-state index contributed by atoms with van der Waals surface area (Å²) in [7, 11) is 1.17. The van der Waals surface area contributed by atoms with Crippen LogP contribution >= 0.6 is 0 Å². The predicted molar refractivity (Wildman–Crippen MR) is 69.5 cm³/mol. The summed E-state index contributed by atoms with van der Waals surface area (Å²) < 4.78 is 40.2. The quantitative estimate of drug-likeness (QED) is 0.642. The van der Waals surface area contributed by atoms with Gasteiger partial charge in [0.1, 0.15) is 5.69 Å². The molecule has 2 heterocycles. The third-order valence-electron chi connectivity index (χ3n) is 3.35. The maximum atomic E-state index is 13.1. The van der Waals surface area contributed by atoms with Crippen molar-refractivity contribution >= 4 is 17.3 Å². The number of alkyl halides is 3. The van der Waals surface area contributed by atoms with Gasteiger partial charge >= 0.3 is 17.8 Å². The van der Waals surface area contributed by atoms with Crippen molar-refractivity contribution in [3.05, 3.63) is 21.5 Å². The highest BCUT2D eigenvalue weighted by Gasteiger charge is 2.63. The van der Waals surface area contributed by atoms with E-state index in [1.54, 1.807) is 0 Å². The molecule has 0 aromatic carbocycles. The van der Waals surface area contributed by atoms with E-state index in [9.17, 15) is 33.2 Å². The second-order valence-corrected chi connectivity index (χ2v) is 5.11. The summed E-state index contributed by atoms with van der Waals surface area (Å²) in [5, 5.41) is 27.8. The monoisotopic (exact) mass is 335 g/mol. The molecule has 0 spiro atoms. The highest BCUT2D eigenvalue weighted by atomic mass is 19.4. The van der Waals surface area contributed by atoms with Crippen LogP contribution in [0.3, 0.4) is 0 Å². The lowest BCUT2D eigenvalue weighted by Gasteiger charge is -2.32. The van der Waals surface area contributed by atoms with Gasteiger partial charge in [-0.05, 0) is 13.8 Å². The van der Waals surface area contributed by atoms with Gasteiger partial charge in [-0.2, -0.15) is 28.4 Å². The molecule has 0 bridgehead atoms. The molecule has 1 aromatic rings. The maximum absolute atomic E-state index is 13.1. The Morgan fingerprint density at radius 2 is 2.00 bits per heavy atom. The summed E-state index contributed by atoms with van der Waals surface area (Å²) >= 11 is 0. The largest absolute Gasteiger partial charge is 0.438 e. The molecule has 1 N–H and O–H groups in total. The minimum absolute atomic E-state index is 0.139. The van der Waals surface area contributed by atoms with E-state index in [1.165, 1.54) is 20.9 Å².